The van der Waals surface area contributed by atoms with Gasteiger partial charge in [-0.2, -0.15) is 0 Å². The molecule has 0 radical (unpaired) electrons. The lowest BCUT2D eigenvalue weighted by Crippen LogP contribution is -2.58. The largest absolute Gasteiger partial charge is 0.468 e. The summed E-state index contributed by atoms with van der Waals surface area (Å²) in [6.07, 6.45) is 4.94. The van der Waals surface area contributed by atoms with E-state index in [2.05, 4.69) is 10.2 Å². The quantitative estimate of drug-likeness (QED) is 0.924. The first kappa shape index (κ1) is 16.3. The van der Waals surface area contributed by atoms with Gasteiger partial charge in [-0.25, -0.2) is 4.79 Å². The van der Waals surface area contributed by atoms with E-state index in [1.807, 2.05) is 12.1 Å². The number of hydrogen-bond donors (Lipinski definition) is 1. The molecule has 2 amide bonds. The highest BCUT2D eigenvalue weighted by molar-refractivity contribution is 5.74. The molecule has 3 heterocycles. The summed E-state index contributed by atoms with van der Waals surface area (Å²) in [5, 5.41) is 3.16. The number of amides is 2. The third kappa shape index (κ3) is 3.70. The standard InChI is InChI=1S/C17H27N3O3/c1-19(2)16(21)18-15-13-22-11-7-17(15)5-8-20(9-6-17)12-14-4-3-10-23-14/h3-4,10,15H,5-9,11-13H2,1-2H3,(H,18,21)/t15-/m1/s1. The van der Waals surface area contributed by atoms with Crippen LogP contribution in [0.2, 0.25) is 0 Å². The average molecular weight is 321 g/mol. The zero-order valence-corrected chi connectivity index (χ0v) is 14.1. The van der Waals surface area contributed by atoms with Crippen LogP contribution in [0.5, 0.6) is 0 Å². The maximum atomic E-state index is 12.0. The van der Waals surface area contributed by atoms with Crippen molar-refractivity contribution in [3.05, 3.63) is 24.2 Å². The second-order valence-corrected chi connectivity index (χ2v) is 6.94. The summed E-state index contributed by atoms with van der Waals surface area (Å²) in [7, 11) is 3.55. The smallest absolute Gasteiger partial charge is 0.317 e. The number of rotatable bonds is 3. The molecule has 0 aromatic carbocycles. The third-order valence-electron chi connectivity index (χ3n) is 5.28. The lowest BCUT2D eigenvalue weighted by Gasteiger charge is -2.49. The molecular formula is C17H27N3O3. The molecule has 0 saturated carbocycles. The molecule has 2 aliphatic rings. The molecule has 0 bridgehead atoms. The number of hydrogen-bond acceptors (Lipinski definition) is 4. The normalized spacial score (nSPS) is 24.5. The molecule has 0 unspecified atom stereocenters. The average Bonchev–Trinajstić information content (AvgIpc) is 3.05. The van der Waals surface area contributed by atoms with Gasteiger partial charge in [0.15, 0.2) is 0 Å². The molecule has 128 valence electrons. The second-order valence-electron chi connectivity index (χ2n) is 6.94. The van der Waals surface area contributed by atoms with Gasteiger partial charge < -0.3 is 19.4 Å². The fourth-order valence-electron chi connectivity index (χ4n) is 3.68. The van der Waals surface area contributed by atoms with Gasteiger partial charge in [0.05, 0.1) is 25.5 Å². The molecule has 2 fully saturated rings. The van der Waals surface area contributed by atoms with Crippen molar-refractivity contribution in [1.29, 1.82) is 0 Å². The second kappa shape index (κ2) is 6.93. The van der Waals surface area contributed by atoms with E-state index in [0.717, 1.165) is 51.3 Å². The molecule has 2 saturated heterocycles. The Kier molecular flexibility index (Phi) is 4.92. The van der Waals surface area contributed by atoms with Gasteiger partial charge in [-0.05, 0) is 49.9 Å². The van der Waals surface area contributed by atoms with Crippen LogP contribution in [-0.2, 0) is 11.3 Å². The van der Waals surface area contributed by atoms with Crippen LogP contribution in [0.25, 0.3) is 0 Å². The Morgan fingerprint density at radius 3 is 2.83 bits per heavy atom. The topological polar surface area (TPSA) is 58.0 Å². The monoisotopic (exact) mass is 321 g/mol. The summed E-state index contributed by atoms with van der Waals surface area (Å²) in [6.45, 7) is 4.36. The highest BCUT2D eigenvalue weighted by Gasteiger charge is 2.44. The summed E-state index contributed by atoms with van der Waals surface area (Å²) in [5.74, 6) is 1.02. The zero-order chi connectivity index (χ0) is 16.3. The van der Waals surface area contributed by atoms with Crippen molar-refractivity contribution >= 4 is 6.03 Å². The molecule has 23 heavy (non-hydrogen) atoms. The van der Waals surface area contributed by atoms with Crippen molar-refractivity contribution in [1.82, 2.24) is 15.1 Å². The van der Waals surface area contributed by atoms with Gasteiger partial charge in [-0.3, -0.25) is 4.90 Å². The number of furan rings is 1. The van der Waals surface area contributed by atoms with Crippen LogP contribution in [-0.4, -0.2) is 62.3 Å². The number of carbonyl (C=O) groups excluding carboxylic acids is 1. The predicted octanol–water partition coefficient (Wildman–Crippen LogP) is 1.92. The Morgan fingerprint density at radius 2 is 2.17 bits per heavy atom. The van der Waals surface area contributed by atoms with Gasteiger partial charge in [-0.15, -0.1) is 0 Å². The van der Waals surface area contributed by atoms with Crippen LogP contribution >= 0.6 is 0 Å². The summed E-state index contributed by atoms with van der Waals surface area (Å²) in [6, 6.07) is 4.04. The number of carbonyl (C=O) groups is 1. The Bertz CT molecular complexity index is 507. The predicted molar refractivity (Wildman–Crippen MR) is 87.1 cm³/mol. The van der Waals surface area contributed by atoms with E-state index in [1.54, 1.807) is 25.3 Å². The van der Waals surface area contributed by atoms with Crippen LogP contribution < -0.4 is 5.32 Å². The third-order valence-corrected chi connectivity index (χ3v) is 5.28. The number of nitrogens with zero attached hydrogens (tertiary/aromatic N) is 2. The fourth-order valence-corrected chi connectivity index (χ4v) is 3.68. The van der Waals surface area contributed by atoms with Gasteiger partial charge in [-0.1, -0.05) is 0 Å². The van der Waals surface area contributed by atoms with Crippen molar-refractivity contribution in [2.45, 2.75) is 31.8 Å². The van der Waals surface area contributed by atoms with Gasteiger partial charge >= 0.3 is 6.03 Å². The van der Waals surface area contributed by atoms with Gasteiger partial charge in [0.25, 0.3) is 0 Å². The highest BCUT2D eigenvalue weighted by Crippen LogP contribution is 2.41. The van der Waals surface area contributed by atoms with E-state index < -0.39 is 0 Å². The van der Waals surface area contributed by atoms with Crippen molar-refractivity contribution in [2.24, 2.45) is 5.41 Å². The van der Waals surface area contributed by atoms with Crippen molar-refractivity contribution in [3.63, 3.8) is 0 Å². The highest BCUT2D eigenvalue weighted by atomic mass is 16.5. The molecule has 6 heteroatoms. The Hall–Kier alpha value is -1.53. The first-order chi connectivity index (χ1) is 11.1. The maximum Gasteiger partial charge on any atom is 0.317 e. The Balaban J connectivity index is 1.60. The minimum absolute atomic E-state index is 0.0297. The van der Waals surface area contributed by atoms with Crippen LogP contribution in [0.1, 0.15) is 25.0 Å². The van der Waals surface area contributed by atoms with Gasteiger partial charge in [0.2, 0.25) is 0 Å². The van der Waals surface area contributed by atoms with E-state index in [9.17, 15) is 4.79 Å². The van der Waals surface area contributed by atoms with Crippen LogP contribution in [0.3, 0.4) is 0 Å². The molecule has 1 atom stereocenters. The first-order valence-corrected chi connectivity index (χ1v) is 8.39. The zero-order valence-electron chi connectivity index (χ0n) is 14.1. The van der Waals surface area contributed by atoms with Crippen molar-refractivity contribution in [2.75, 3.05) is 40.4 Å². The van der Waals surface area contributed by atoms with E-state index in [-0.39, 0.29) is 17.5 Å². The Morgan fingerprint density at radius 1 is 1.39 bits per heavy atom. The fraction of sp³-hybridized carbons (Fsp3) is 0.706. The van der Waals surface area contributed by atoms with E-state index in [0.29, 0.717) is 6.61 Å². The maximum absolute atomic E-state index is 12.0. The summed E-state index contributed by atoms with van der Waals surface area (Å²) < 4.78 is 11.1. The van der Waals surface area contributed by atoms with Crippen molar-refractivity contribution < 1.29 is 13.9 Å². The molecule has 6 nitrogen and oxygen atoms in total. The van der Waals surface area contributed by atoms with E-state index in [1.165, 1.54) is 0 Å². The van der Waals surface area contributed by atoms with Gasteiger partial charge in [0.1, 0.15) is 5.76 Å². The summed E-state index contributed by atoms with van der Waals surface area (Å²) in [5.41, 5.74) is 0.170. The minimum Gasteiger partial charge on any atom is -0.468 e. The van der Waals surface area contributed by atoms with Crippen LogP contribution in [0.4, 0.5) is 4.79 Å². The number of piperidine rings is 1. The van der Waals surface area contributed by atoms with E-state index >= 15 is 0 Å². The Labute approximate surface area is 137 Å². The summed E-state index contributed by atoms with van der Waals surface area (Å²) in [4.78, 5) is 16.1. The first-order valence-electron chi connectivity index (χ1n) is 8.39. The number of likely N-dealkylation sites (tertiary alicyclic amines) is 1. The molecule has 2 aliphatic heterocycles. The van der Waals surface area contributed by atoms with Crippen LogP contribution in [0.15, 0.2) is 22.8 Å². The van der Waals surface area contributed by atoms with Crippen LogP contribution in [0, 0.1) is 5.41 Å². The molecule has 1 aromatic rings. The number of ether oxygens (including phenoxy) is 1. The lowest BCUT2D eigenvalue weighted by atomic mass is 9.69. The molecular weight excluding hydrogens is 294 g/mol. The van der Waals surface area contributed by atoms with Gasteiger partial charge in [0, 0.05) is 20.7 Å². The molecule has 1 spiro atoms. The molecule has 1 aromatic heterocycles. The number of nitrogens with one attached hydrogen (secondary N) is 1. The summed E-state index contributed by atoms with van der Waals surface area (Å²) >= 11 is 0. The molecule has 0 aliphatic carbocycles. The molecule has 1 N–H and O–H groups in total. The van der Waals surface area contributed by atoms with Crippen molar-refractivity contribution in [3.8, 4) is 0 Å². The van der Waals surface area contributed by atoms with E-state index in [4.69, 9.17) is 9.15 Å². The minimum atomic E-state index is -0.0297. The SMILES string of the molecule is CN(C)C(=O)N[C@@H]1COCCC12CCN(Cc1ccco1)CC2. The number of urea groups is 1. The molecule has 3 rings (SSSR count). The lowest BCUT2D eigenvalue weighted by molar-refractivity contribution is -0.0490.